The zero-order valence-corrected chi connectivity index (χ0v) is 20.4. The Hall–Kier alpha value is -3.52. The SMILES string of the molecule is CC/C(C)=C(/CCOc1cc(F)ccc1-c1ccc2ncc(CNC)n2c1)C(=NC)C(=O)NC. The number of carbonyl (C=O) groups is 1. The molecular weight excluding hydrogens is 433 g/mol. The normalized spacial score (nSPS) is 12.6. The van der Waals surface area contributed by atoms with E-state index in [4.69, 9.17) is 4.74 Å². The third kappa shape index (κ3) is 5.51. The number of hydrogen-bond acceptors (Lipinski definition) is 5. The van der Waals surface area contributed by atoms with E-state index in [-0.39, 0.29) is 18.3 Å². The maximum atomic E-state index is 14.1. The van der Waals surface area contributed by atoms with Gasteiger partial charge in [0, 0.05) is 50.5 Å². The average Bonchev–Trinajstić information content (AvgIpc) is 3.25. The predicted octanol–water partition coefficient (Wildman–Crippen LogP) is 4.17. The number of halogens is 1. The van der Waals surface area contributed by atoms with E-state index < -0.39 is 0 Å². The Kier molecular flexibility index (Phi) is 8.54. The van der Waals surface area contributed by atoms with E-state index in [1.807, 2.05) is 49.8 Å². The number of aromatic nitrogens is 2. The minimum atomic E-state index is -0.375. The molecule has 0 aliphatic carbocycles. The Bertz CT molecular complexity index is 1230. The zero-order chi connectivity index (χ0) is 24.7. The van der Waals surface area contributed by atoms with Crippen LogP contribution < -0.4 is 15.4 Å². The molecule has 0 atom stereocenters. The number of benzene rings is 1. The Morgan fingerprint density at radius 3 is 2.71 bits per heavy atom. The van der Waals surface area contributed by atoms with Gasteiger partial charge in [0.15, 0.2) is 0 Å². The van der Waals surface area contributed by atoms with Crippen LogP contribution in [0.15, 0.2) is 58.9 Å². The number of ether oxygens (including phenoxy) is 1. The number of rotatable bonds is 10. The number of carbonyl (C=O) groups excluding carboxylic acids is 1. The molecule has 0 aliphatic rings. The van der Waals surface area contributed by atoms with Gasteiger partial charge in [0.05, 0.1) is 18.5 Å². The van der Waals surface area contributed by atoms with Gasteiger partial charge in [-0.2, -0.15) is 0 Å². The first-order chi connectivity index (χ1) is 16.4. The average molecular weight is 466 g/mol. The van der Waals surface area contributed by atoms with Crippen LogP contribution in [0.5, 0.6) is 5.75 Å². The molecule has 0 radical (unpaired) electrons. The van der Waals surface area contributed by atoms with Crippen LogP contribution in [0.1, 0.15) is 32.4 Å². The van der Waals surface area contributed by atoms with Crippen LogP contribution in [0.3, 0.4) is 0 Å². The van der Waals surface area contributed by atoms with Gasteiger partial charge in [0.2, 0.25) is 0 Å². The summed E-state index contributed by atoms with van der Waals surface area (Å²) in [5.41, 5.74) is 5.83. The van der Waals surface area contributed by atoms with E-state index in [1.165, 1.54) is 12.1 Å². The molecule has 2 heterocycles. The quantitative estimate of drug-likeness (QED) is 0.441. The Balaban J connectivity index is 1.89. The summed E-state index contributed by atoms with van der Waals surface area (Å²) in [5.74, 6) is -0.166. The van der Waals surface area contributed by atoms with E-state index in [0.29, 0.717) is 24.4 Å². The minimum Gasteiger partial charge on any atom is -0.492 e. The molecule has 0 unspecified atom stereocenters. The highest BCUT2D eigenvalue weighted by molar-refractivity contribution is 6.45. The maximum absolute atomic E-state index is 14.1. The number of allylic oxidation sites excluding steroid dienone is 1. The summed E-state index contributed by atoms with van der Waals surface area (Å²) in [6.45, 7) is 4.97. The third-order valence-electron chi connectivity index (χ3n) is 5.80. The van der Waals surface area contributed by atoms with Crippen LogP contribution in [-0.4, -0.2) is 48.8 Å². The lowest BCUT2D eigenvalue weighted by Gasteiger charge is -2.16. The monoisotopic (exact) mass is 465 g/mol. The van der Waals surface area contributed by atoms with Crippen molar-refractivity contribution >= 4 is 17.3 Å². The van der Waals surface area contributed by atoms with Gasteiger partial charge in [-0.25, -0.2) is 9.37 Å². The fourth-order valence-corrected chi connectivity index (χ4v) is 3.86. The van der Waals surface area contributed by atoms with Gasteiger partial charge in [-0.1, -0.05) is 12.5 Å². The number of amides is 1. The van der Waals surface area contributed by atoms with Crippen molar-refractivity contribution in [3.05, 3.63) is 65.4 Å². The second kappa shape index (κ2) is 11.6. The lowest BCUT2D eigenvalue weighted by Crippen LogP contribution is -2.30. The molecule has 3 aromatic rings. The maximum Gasteiger partial charge on any atom is 0.269 e. The van der Waals surface area contributed by atoms with E-state index in [2.05, 4.69) is 20.6 Å². The molecule has 0 saturated heterocycles. The van der Waals surface area contributed by atoms with Crippen LogP contribution in [-0.2, 0) is 11.3 Å². The molecule has 0 fully saturated rings. The molecule has 8 heteroatoms. The van der Waals surface area contributed by atoms with E-state index in [1.54, 1.807) is 20.2 Å². The highest BCUT2D eigenvalue weighted by Crippen LogP contribution is 2.32. The summed E-state index contributed by atoms with van der Waals surface area (Å²) in [6.07, 6.45) is 5.08. The molecule has 2 aromatic heterocycles. The summed E-state index contributed by atoms with van der Waals surface area (Å²) in [6, 6.07) is 8.42. The van der Waals surface area contributed by atoms with Crippen molar-refractivity contribution in [1.82, 2.24) is 20.0 Å². The first-order valence-corrected chi connectivity index (χ1v) is 11.3. The summed E-state index contributed by atoms with van der Waals surface area (Å²) in [5, 5.41) is 5.78. The molecule has 2 N–H and O–H groups in total. The molecular formula is C26H32FN5O2. The second-order valence-corrected chi connectivity index (χ2v) is 7.93. The van der Waals surface area contributed by atoms with Crippen LogP contribution in [0.25, 0.3) is 16.8 Å². The Labute approximate surface area is 199 Å². The fraction of sp³-hybridized carbons (Fsp3) is 0.346. The summed E-state index contributed by atoms with van der Waals surface area (Å²) >= 11 is 0. The highest BCUT2D eigenvalue weighted by atomic mass is 19.1. The van der Waals surface area contributed by atoms with Gasteiger partial charge in [-0.05, 0) is 50.2 Å². The number of hydrogen-bond donors (Lipinski definition) is 2. The molecule has 7 nitrogen and oxygen atoms in total. The number of pyridine rings is 1. The second-order valence-electron chi connectivity index (χ2n) is 7.93. The van der Waals surface area contributed by atoms with Crippen LogP contribution in [0, 0.1) is 5.82 Å². The Morgan fingerprint density at radius 1 is 1.24 bits per heavy atom. The number of nitrogens with zero attached hydrogens (tertiary/aromatic N) is 3. The van der Waals surface area contributed by atoms with E-state index in [9.17, 15) is 9.18 Å². The highest BCUT2D eigenvalue weighted by Gasteiger charge is 2.18. The number of nitrogens with one attached hydrogen (secondary N) is 2. The Morgan fingerprint density at radius 2 is 2.03 bits per heavy atom. The largest absolute Gasteiger partial charge is 0.492 e. The third-order valence-corrected chi connectivity index (χ3v) is 5.80. The molecule has 180 valence electrons. The van der Waals surface area contributed by atoms with E-state index in [0.717, 1.165) is 40.0 Å². The molecule has 0 saturated carbocycles. The van der Waals surface area contributed by atoms with Crippen molar-refractivity contribution in [2.75, 3.05) is 27.7 Å². The van der Waals surface area contributed by atoms with Gasteiger partial charge < -0.3 is 19.8 Å². The fourth-order valence-electron chi connectivity index (χ4n) is 3.86. The molecule has 0 aliphatic heterocycles. The summed E-state index contributed by atoms with van der Waals surface area (Å²) in [7, 11) is 5.07. The summed E-state index contributed by atoms with van der Waals surface area (Å²) < 4.78 is 22.2. The molecule has 3 rings (SSSR count). The minimum absolute atomic E-state index is 0.234. The first kappa shape index (κ1) is 25.1. The van der Waals surface area contributed by atoms with Crippen LogP contribution >= 0.6 is 0 Å². The smallest absolute Gasteiger partial charge is 0.269 e. The predicted molar refractivity (Wildman–Crippen MR) is 134 cm³/mol. The number of aliphatic imine (C=N–C) groups is 1. The summed E-state index contributed by atoms with van der Waals surface area (Å²) in [4.78, 5) is 20.9. The van der Waals surface area contributed by atoms with Crippen molar-refractivity contribution in [2.45, 2.75) is 33.2 Å². The lowest BCUT2D eigenvalue weighted by atomic mass is 9.99. The molecule has 1 aromatic carbocycles. The van der Waals surface area contributed by atoms with Gasteiger partial charge in [0.25, 0.3) is 5.91 Å². The van der Waals surface area contributed by atoms with Crippen molar-refractivity contribution < 1.29 is 13.9 Å². The van der Waals surface area contributed by atoms with Gasteiger partial charge in [-0.3, -0.25) is 9.79 Å². The van der Waals surface area contributed by atoms with Crippen molar-refractivity contribution in [3.8, 4) is 16.9 Å². The molecule has 34 heavy (non-hydrogen) atoms. The van der Waals surface area contributed by atoms with Crippen molar-refractivity contribution in [1.29, 1.82) is 0 Å². The molecule has 0 bridgehead atoms. The standard InChI is InChI=1S/C26H32FN5O2/c1-6-17(2)21(25(29-4)26(33)30-5)11-12-34-23-13-19(27)8-9-22(23)18-7-10-24-31-15-20(14-28-3)32(24)16-18/h7-10,13,15-16,28H,6,11-12,14H2,1-5H3,(H,30,33)/b21-17-,29-25?. The topological polar surface area (TPSA) is 80.0 Å². The lowest BCUT2D eigenvalue weighted by molar-refractivity contribution is -0.114. The van der Waals surface area contributed by atoms with Gasteiger partial charge in [-0.15, -0.1) is 0 Å². The van der Waals surface area contributed by atoms with Crippen molar-refractivity contribution in [2.24, 2.45) is 4.99 Å². The first-order valence-electron chi connectivity index (χ1n) is 11.3. The van der Waals surface area contributed by atoms with Crippen molar-refractivity contribution in [3.63, 3.8) is 0 Å². The van der Waals surface area contributed by atoms with Gasteiger partial charge >= 0.3 is 0 Å². The van der Waals surface area contributed by atoms with Crippen LogP contribution in [0.2, 0.25) is 0 Å². The zero-order valence-electron chi connectivity index (χ0n) is 20.4. The number of fused-ring (bicyclic) bond motifs is 1. The van der Waals surface area contributed by atoms with Crippen LogP contribution in [0.4, 0.5) is 4.39 Å². The van der Waals surface area contributed by atoms with E-state index >= 15 is 0 Å². The molecule has 0 spiro atoms. The van der Waals surface area contributed by atoms with Gasteiger partial charge in [0.1, 0.15) is 22.9 Å². The molecule has 1 amide bonds. The number of imidazole rings is 1.